The molecule has 0 spiro atoms. The van der Waals surface area contributed by atoms with Crippen LogP contribution in [0, 0.1) is 23.2 Å². The molecule has 4 aliphatic carbocycles. The fraction of sp³-hybridized carbons (Fsp3) is 0.591. The number of amides is 1. The van der Waals surface area contributed by atoms with E-state index < -0.39 is 0 Å². The van der Waals surface area contributed by atoms with Gasteiger partial charge in [-0.25, -0.2) is 4.98 Å². The lowest BCUT2D eigenvalue weighted by Crippen LogP contribution is -2.56. The zero-order valence-corrected chi connectivity index (χ0v) is 16.7. The van der Waals surface area contributed by atoms with Crippen molar-refractivity contribution in [1.29, 1.82) is 0 Å². The van der Waals surface area contributed by atoms with Crippen molar-refractivity contribution >= 4 is 17.2 Å². The number of carbonyl (C=O) groups excluding carboxylic acids is 1. The molecule has 5 heteroatoms. The van der Waals surface area contributed by atoms with Gasteiger partial charge >= 0.3 is 0 Å². The Bertz CT molecular complexity index is 796. The molecule has 2 aromatic rings. The number of hydrogen-bond donors (Lipinski definition) is 1. The predicted octanol–water partition coefficient (Wildman–Crippen LogP) is 4.47. The van der Waals surface area contributed by atoms with Crippen molar-refractivity contribution in [2.75, 3.05) is 0 Å². The number of nitrogens with zero attached hydrogens (tertiary/aromatic N) is 2. The van der Waals surface area contributed by atoms with E-state index in [1.165, 1.54) is 38.5 Å². The van der Waals surface area contributed by atoms with Crippen LogP contribution in [0.3, 0.4) is 0 Å². The SMILES string of the molecule is CC(NC(=O)Cc1csc(-c2cccnc2)n1)C12CC3CC(CC(C3)C1)C2. The molecule has 4 fully saturated rings. The maximum absolute atomic E-state index is 12.7. The number of rotatable bonds is 5. The molecule has 4 aliphatic rings. The maximum Gasteiger partial charge on any atom is 0.226 e. The molecule has 0 radical (unpaired) electrons. The molecule has 4 nitrogen and oxygen atoms in total. The first-order valence-electron chi connectivity index (χ1n) is 10.2. The Labute approximate surface area is 164 Å². The van der Waals surface area contributed by atoms with E-state index in [2.05, 4.69) is 22.2 Å². The van der Waals surface area contributed by atoms with Crippen LogP contribution in [0.2, 0.25) is 0 Å². The normalized spacial score (nSPS) is 32.4. The Hall–Kier alpha value is -1.75. The van der Waals surface area contributed by atoms with Crippen molar-refractivity contribution in [3.8, 4) is 10.6 Å². The fourth-order valence-electron chi connectivity index (χ4n) is 6.33. The standard InChI is InChI=1S/C22H27N3OS/c1-14(22-9-15-5-16(10-22)7-17(6-15)11-22)24-20(26)8-19-13-27-21(25-19)18-3-2-4-23-12-18/h2-4,12-17H,5-11H2,1H3,(H,24,26). The zero-order valence-electron chi connectivity index (χ0n) is 15.9. The summed E-state index contributed by atoms with van der Waals surface area (Å²) in [5.41, 5.74) is 2.22. The van der Waals surface area contributed by atoms with Crippen LogP contribution in [0.25, 0.3) is 10.6 Å². The van der Waals surface area contributed by atoms with Gasteiger partial charge in [-0.1, -0.05) is 0 Å². The van der Waals surface area contributed by atoms with E-state index in [1.54, 1.807) is 17.5 Å². The molecular weight excluding hydrogens is 354 g/mol. The molecule has 142 valence electrons. The van der Waals surface area contributed by atoms with Crippen molar-refractivity contribution in [3.05, 3.63) is 35.6 Å². The summed E-state index contributed by atoms with van der Waals surface area (Å²) in [4.78, 5) is 21.5. The molecule has 4 bridgehead atoms. The van der Waals surface area contributed by atoms with Crippen molar-refractivity contribution < 1.29 is 4.79 Å². The third-order valence-electron chi connectivity index (χ3n) is 7.18. The highest BCUT2D eigenvalue weighted by molar-refractivity contribution is 7.13. The Balaban J connectivity index is 1.23. The van der Waals surface area contributed by atoms with Gasteiger partial charge < -0.3 is 5.32 Å². The van der Waals surface area contributed by atoms with Gasteiger partial charge in [-0.05, 0) is 80.8 Å². The van der Waals surface area contributed by atoms with Crippen LogP contribution >= 0.6 is 11.3 Å². The van der Waals surface area contributed by atoms with E-state index in [4.69, 9.17) is 0 Å². The summed E-state index contributed by atoms with van der Waals surface area (Å²) in [6.07, 6.45) is 12.2. The first kappa shape index (κ1) is 17.4. The van der Waals surface area contributed by atoms with Gasteiger partial charge in [0.15, 0.2) is 0 Å². The molecule has 0 aliphatic heterocycles. The van der Waals surface area contributed by atoms with Gasteiger partial charge in [0.05, 0.1) is 12.1 Å². The number of pyridine rings is 1. The second-order valence-electron chi connectivity index (χ2n) is 9.13. The van der Waals surface area contributed by atoms with Crippen LogP contribution in [0.1, 0.15) is 51.1 Å². The molecule has 27 heavy (non-hydrogen) atoms. The van der Waals surface area contributed by atoms with E-state index >= 15 is 0 Å². The number of hydrogen-bond acceptors (Lipinski definition) is 4. The second kappa shape index (κ2) is 6.69. The number of nitrogens with one attached hydrogen (secondary N) is 1. The molecule has 0 saturated heterocycles. The lowest BCUT2D eigenvalue weighted by molar-refractivity contribution is -0.125. The van der Waals surface area contributed by atoms with E-state index in [-0.39, 0.29) is 11.9 Å². The summed E-state index contributed by atoms with van der Waals surface area (Å²) in [6.45, 7) is 2.24. The quantitative estimate of drug-likeness (QED) is 0.831. The Morgan fingerprint density at radius 3 is 2.59 bits per heavy atom. The van der Waals surface area contributed by atoms with Crippen LogP contribution in [0.4, 0.5) is 0 Å². The molecule has 4 saturated carbocycles. The molecule has 6 rings (SSSR count). The van der Waals surface area contributed by atoms with Crippen molar-refractivity contribution in [1.82, 2.24) is 15.3 Å². The minimum Gasteiger partial charge on any atom is -0.353 e. The van der Waals surface area contributed by atoms with Crippen LogP contribution in [-0.4, -0.2) is 21.9 Å². The van der Waals surface area contributed by atoms with Gasteiger partial charge in [-0.3, -0.25) is 9.78 Å². The Morgan fingerprint density at radius 1 is 1.26 bits per heavy atom. The lowest BCUT2D eigenvalue weighted by atomic mass is 9.48. The molecule has 0 aromatic carbocycles. The average molecular weight is 382 g/mol. The third kappa shape index (κ3) is 3.31. The van der Waals surface area contributed by atoms with E-state index in [0.717, 1.165) is 34.0 Å². The monoisotopic (exact) mass is 381 g/mol. The van der Waals surface area contributed by atoms with Gasteiger partial charge in [0, 0.05) is 29.4 Å². The van der Waals surface area contributed by atoms with E-state index in [9.17, 15) is 4.79 Å². The summed E-state index contributed by atoms with van der Waals surface area (Å²) < 4.78 is 0. The van der Waals surface area contributed by atoms with Crippen LogP contribution < -0.4 is 5.32 Å². The number of aromatic nitrogens is 2. The molecule has 1 atom stereocenters. The largest absolute Gasteiger partial charge is 0.353 e. The van der Waals surface area contributed by atoms with Crippen LogP contribution in [0.15, 0.2) is 29.9 Å². The molecule has 2 heterocycles. The summed E-state index contributed by atoms with van der Waals surface area (Å²) in [5, 5.41) is 6.28. The van der Waals surface area contributed by atoms with Gasteiger partial charge in [-0.2, -0.15) is 0 Å². The minimum atomic E-state index is 0.112. The van der Waals surface area contributed by atoms with Gasteiger partial charge in [-0.15, -0.1) is 11.3 Å². The highest BCUT2D eigenvalue weighted by atomic mass is 32.1. The maximum atomic E-state index is 12.7. The Morgan fingerprint density at radius 2 is 1.96 bits per heavy atom. The fourth-order valence-corrected chi connectivity index (χ4v) is 7.14. The first-order valence-corrected chi connectivity index (χ1v) is 11.1. The van der Waals surface area contributed by atoms with Crippen molar-refractivity contribution in [2.24, 2.45) is 23.2 Å². The van der Waals surface area contributed by atoms with Crippen LogP contribution in [-0.2, 0) is 11.2 Å². The zero-order chi connectivity index (χ0) is 18.4. The number of carbonyl (C=O) groups is 1. The molecule has 1 N–H and O–H groups in total. The van der Waals surface area contributed by atoms with E-state index in [1.807, 2.05) is 23.7 Å². The highest BCUT2D eigenvalue weighted by Gasteiger charge is 2.53. The van der Waals surface area contributed by atoms with E-state index in [0.29, 0.717) is 11.8 Å². The van der Waals surface area contributed by atoms with Crippen LogP contribution in [0.5, 0.6) is 0 Å². The lowest BCUT2D eigenvalue weighted by Gasteiger charge is -2.59. The highest BCUT2D eigenvalue weighted by Crippen LogP contribution is 2.61. The summed E-state index contributed by atoms with van der Waals surface area (Å²) in [6, 6.07) is 4.19. The summed E-state index contributed by atoms with van der Waals surface area (Å²) in [7, 11) is 0. The van der Waals surface area contributed by atoms with Gasteiger partial charge in [0.1, 0.15) is 5.01 Å². The summed E-state index contributed by atoms with van der Waals surface area (Å²) in [5.74, 6) is 2.85. The van der Waals surface area contributed by atoms with Gasteiger partial charge in [0.25, 0.3) is 0 Å². The topological polar surface area (TPSA) is 54.9 Å². The molecular formula is C22H27N3OS. The second-order valence-corrected chi connectivity index (χ2v) is 9.99. The average Bonchev–Trinajstić information content (AvgIpc) is 3.09. The van der Waals surface area contributed by atoms with Gasteiger partial charge in [0.2, 0.25) is 5.91 Å². The van der Waals surface area contributed by atoms with Crippen molar-refractivity contribution in [3.63, 3.8) is 0 Å². The third-order valence-corrected chi connectivity index (χ3v) is 8.12. The smallest absolute Gasteiger partial charge is 0.226 e. The predicted molar refractivity (Wildman–Crippen MR) is 107 cm³/mol. The number of thiazole rings is 1. The molecule has 2 aromatic heterocycles. The molecule has 1 unspecified atom stereocenters. The van der Waals surface area contributed by atoms with Crippen molar-refractivity contribution in [2.45, 2.75) is 57.9 Å². The minimum absolute atomic E-state index is 0.112. The molecule has 1 amide bonds. The summed E-state index contributed by atoms with van der Waals surface area (Å²) >= 11 is 1.58. The first-order chi connectivity index (χ1) is 13.1. The Kier molecular flexibility index (Phi) is 4.30.